The van der Waals surface area contributed by atoms with Gasteiger partial charge in [0, 0.05) is 17.7 Å². The maximum Gasteiger partial charge on any atom is 0.410 e. The summed E-state index contributed by atoms with van der Waals surface area (Å²) in [6, 6.07) is 3.61. The molecule has 0 unspecified atom stereocenters. The van der Waals surface area contributed by atoms with Crippen LogP contribution in [0.15, 0.2) is 12.1 Å². The molecule has 5 nitrogen and oxygen atoms in total. The van der Waals surface area contributed by atoms with Crippen molar-refractivity contribution >= 4 is 12.4 Å². The number of aldehydes is 1. The zero-order valence-corrected chi connectivity index (χ0v) is 14.3. The third kappa shape index (κ3) is 4.24. The van der Waals surface area contributed by atoms with Crippen molar-refractivity contribution in [2.75, 3.05) is 13.2 Å². The van der Waals surface area contributed by atoms with Crippen LogP contribution in [0.3, 0.4) is 0 Å². The first-order chi connectivity index (χ1) is 10.9. The fraction of sp³-hybridized carbons (Fsp3) is 0.556. The lowest BCUT2D eigenvalue weighted by atomic mass is 9.94. The summed E-state index contributed by atoms with van der Waals surface area (Å²) in [5.41, 5.74) is 1.97. The molecule has 0 bridgehead atoms. The largest absolute Gasteiger partial charge is 0.493 e. The van der Waals surface area contributed by atoms with Crippen LogP contribution in [-0.2, 0) is 17.7 Å². The van der Waals surface area contributed by atoms with Crippen molar-refractivity contribution in [3.63, 3.8) is 0 Å². The molecule has 1 aliphatic rings. The minimum atomic E-state index is -0.531. The van der Waals surface area contributed by atoms with Gasteiger partial charge in [-0.25, -0.2) is 4.79 Å². The summed E-state index contributed by atoms with van der Waals surface area (Å²) in [5.74, 6) is 0.816. The molecule has 0 spiro atoms. The molecule has 23 heavy (non-hydrogen) atoms. The quantitative estimate of drug-likeness (QED) is 0.796. The second-order valence-corrected chi connectivity index (χ2v) is 6.73. The first kappa shape index (κ1) is 17.3. The predicted octanol–water partition coefficient (Wildman–Crippen LogP) is 3.58. The number of hydrogen-bond acceptors (Lipinski definition) is 4. The summed E-state index contributed by atoms with van der Waals surface area (Å²) in [6.07, 6.45) is 2.07. The number of fused-ring (bicyclic) bond motifs is 1. The van der Waals surface area contributed by atoms with Gasteiger partial charge in [-0.05, 0) is 51.3 Å². The van der Waals surface area contributed by atoms with E-state index in [1.54, 1.807) is 11.0 Å². The molecule has 1 heterocycles. The first-order valence-corrected chi connectivity index (χ1v) is 8.06. The number of nitrogens with zero attached hydrogens (tertiary/aromatic N) is 1. The molecule has 0 aliphatic carbocycles. The number of carbonyl (C=O) groups is 2. The van der Waals surface area contributed by atoms with Crippen molar-refractivity contribution in [3.8, 4) is 5.75 Å². The van der Waals surface area contributed by atoms with Crippen LogP contribution in [-0.4, -0.2) is 36.0 Å². The molecular formula is C18H25NO4. The summed E-state index contributed by atoms with van der Waals surface area (Å²) >= 11 is 0. The molecule has 126 valence electrons. The molecule has 2 rings (SSSR count). The van der Waals surface area contributed by atoms with E-state index in [2.05, 4.69) is 6.92 Å². The molecule has 1 aromatic rings. The average Bonchev–Trinajstić information content (AvgIpc) is 2.50. The Balaban J connectivity index is 2.24. The van der Waals surface area contributed by atoms with E-state index in [1.807, 2.05) is 26.8 Å². The Kier molecular flexibility index (Phi) is 5.29. The Morgan fingerprint density at radius 1 is 1.30 bits per heavy atom. The Labute approximate surface area is 137 Å². The predicted molar refractivity (Wildman–Crippen MR) is 88.0 cm³/mol. The zero-order chi connectivity index (χ0) is 17.0. The molecule has 0 fully saturated rings. The van der Waals surface area contributed by atoms with Crippen molar-refractivity contribution in [1.29, 1.82) is 0 Å². The number of amides is 1. The normalized spacial score (nSPS) is 14.2. The highest BCUT2D eigenvalue weighted by atomic mass is 16.6. The van der Waals surface area contributed by atoms with E-state index in [0.717, 1.165) is 29.6 Å². The van der Waals surface area contributed by atoms with Crippen molar-refractivity contribution in [1.82, 2.24) is 4.90 Å². The van der Waals surface area contributed by atoms with E-state index < -0.39 is 5.60 Å². The Bertz CT molecular complexity index is 589. The van der Waals surface area contributed by atoms with Gasteiger partial charge < -0.3 is 14.4 Å². The Morgan fingerprint density at radius 3 is 2.65 bits per heavy atom. The topological polar surface area (TPSA) is 55.8 Å². The monoisotopic (exact) mass is 319 g/mol. The molecule has 0 saturated heterocycles. The highest BCUT2D eigenvalue weighted by molar-refractivity contribution is 5.80. The Hall–Kier alpha value is -2.04. The van der Waals surface area contributed by atoms with Crippen LogP contribution in [0, 0.1) is 0 Å². The SMILES string of the molecule is CCCOc1ccc(C=O)c2c1CCN(C(=O)OC(C)(C)C)C2. The van der Waals surface area contributed by atoms with Crippen molar-refractivity contribution < 1.29 is 19.1 Å². The summed E-state index contributed by atoms with van der Waals surface area (Å²) in [4.78, 5) is 25.2. The third-order valence-electron chi connectivity index (χ3n) is 3.65. The molecule has 0 saturated carbocycles. The molecule has 0 atom stereocenters. The lowest BCUT2D eigenvalue weighted by Crippen LogP contribution is -2.40. The van der Waals surface area contributed by atoms with Gasteiger partial charge in [-0.15, -0.1) is 0 Å². The van der Waals surface area contributed by atoms with Gasteiger partial charge in [-0.3, -0.25) is 4.79 Å². The number of rotatable bonds is 4. The van der Waals surface area contributed by atoms with E-state index in [4.69, 9.17) is 9.47 Å². The van der Waals surface area contributed by atoms with Crippen LogP contribution in [0.2, 0.25) is 0 Å². The fourth-order valence-electron chi connectivity index (χ4n) is 2.61. The lowest BCUT2D eigenvalue weighted by Gasteiger charge is -2.32. The second kappa shape index (κ2) is 7.02. The van der Waals surface area contributed by atoms with Gasteiger partial charge in [0.2, 0.25) is 0 Å². The number of benzene rings is 1. The maximum absolute atomic E-state index is 12.3. The van der Waals surface area contributed by atoms with E-state index >= 15 is 0 Å². The van der Waals surface area contributed by atoms with Crippen LogP contribution >= 0.6 is 0 Å². The van der Waals surface area contributed by atoms with E-state index in [1.165, 1.54) is 0 Å². The van der Waals surface area contributed by atoms with Gasteiger partial charge >= 0.3 is 6.09 Å². The van der Waals surface area contributed by atoms with Gasteiger partial charge in [0.25, 0.3) is 0 Å². The number of carbonyl (C=O) groups excluding carboxylic acids is 2. The fourth-order valence-corrected chi connectivity index (χ4v) is 2.61. The smallest absolute Gasteiger partial charge is 0.410 e. The summed E-state index contributed by atoms with van der Waals surface area (Å²) in [7, 11) is 0. The highest BCUT2D eigenvalue weighted by Crippen LogP contribution is 2.31. The van der Waals surface area contributed by atoms with Gasteiger partial charge in [0.05, 0.1) is 13.2 Å². The van der Waals surface area contributed by atoms with Gasteiger partial charge in [-0.2, -0.15) is 0 Å². The van der Waals surface area contributed by atoms with Crippen LogP contribution in [0.1, 0.15) is 55.6 Å². The van der Waals surface area contributed by atoms with Crippen molar-refractivity contribution in [2.24, 2.45) is 0 Å². The van der Waals surface area contributed by atoms with E-state index in [9.17, 15) is 9.59 Å². The number of hydrogen-bond donors (Lipinski definition) is 0. The lowest BCUT2D eigenvalue weighted by molar-refractivity contribution is 0.0222. The minimum absolute atomic E-state index is 0.347. The van der Waals surface area contributed by atoms with Crippen LogP contribution in [0.4, 0.5) is 4.79 Å². The summed E-state index contributed by atoms with van der Waals surface area (Å²) in [5, 5.41) is 0. The van der Waals surface area contributed by atoms with E-state index in [0.29, 0.717) is 31.7 Å². The van der Waals surface area contributed by atoms with Gasteiger partial charge in [0.15, 0.2) is 0 Å². The highest BCUT2D eigenvalue weighted by Gasteiger charge is 2.28. The summed E-state index contributed by atoms with van der Waals surface area (Å²) < 4.78 is 11.2. The molecule has 0 aromatic heterocycles. The molecule has 1 aliphatic heterocycles. The molecule has 1 amide bonds. The Morgan fingerprint density at radius 2 is 2.04 bits per heavy atom. The van der Waals surface area contributed by atoms with Crippen LogP contribution in [0.5, 0.6) is 5.75 Å². The molecule has 0 radical (unpaired) electrons. The van der Waals surface area contributed by atoms with Crippen LogP contribution < -0.4 is 4.74 Å². The standard InChI is InChI=1S/C18H25NO4/c1-5-10-22-16-7-6-13(12-20)15-11-19(9-8-14(15)16)17(21)23-18(2,3)4/h6-7,12H,5,8-11H2,1-4H3. The number of ether oxygens (including phenoxy) is 2. The van der Waals surface area contributed by atoms with Crippen LogP contribution in [0.25, 0.3) is 0 Å². The molecular weight excluding hydrogens is 294 g/mol. The molecule has 1 aromatic carbocycles. The zero-order valence-electron chi connectivity index (χ0n) is 14.3. The minimum Gasteiger partial charge on any atom is -0.493 e. The van der Waals surface area contributed by atoms with E-state index in [-0.39, 0.29) is 6.09 Å². The average molecular weight is 319 g/mol. The van der Waals surface area contributed by atoms with Gasteiger partial charge in [-0.1, -0.05) is 6.92 Å². The molecule has 0 N–H and O–H groups in total. The third-order valence-corrected chi connectivity index (χ3v) is 3.65. The van der Waals surface area contributed by atoms with Gasteiger partial charge in [0.1, 0.15) is 17.6 Å². The maximum atomic E-state index is 12.3. The van der Waals surface area contributed by atoms with Crippen molar-refractivity contribution in [3.05, 3.63) is 28.8 Å². The summed E-state index contributed by atoms with van der Waals surface area (Å²) in [6.45, 7) is 9.16. The molecule has 5 heteroatoms. The first-order valence-electron chi connectivity index (χ1n) is 8.06. The van der Waals surface area contributed by atoms with Crippen molar-refractivity contribution in [2.45, 2.75) is 52.7 Å². The second-order valence-electron chi connectivity index (χ2n) is 6.73.